The van der Waals surface area contributed by atoms with E-state index in [1.165, 1.54) is 22.3 Å². The average molecular weight is 503 g/mol. The molecule has 0 radical (unpaired) electrons. The van der Waals surface area contributed by atoms with E-state index in [2.05, 4.69) is 11.6 Å². The van der Waals surface area contributed by atoms with Crippen molar-refractivity contribution in [3.8, 4) is 11.5 Å². The summed E-state index contributed by atoms with van der Waals surface area (Å²) in [5, 5.41) is 11.3. The Bertz CT molecular complexity index is 1530. The van der Waals surface area contributed by atoms with Crippen LogP contribution in [0, 0.1) is 6.92 Å². The zero-order valence-corrected chi connectivity index (χ0v) is 20.4. The number of aromatic nitrogens is 1. The second kappa shape index (κ2) is 9.35. The van der Waals surface area contributed by atoms with Crippen LogP contribution in [-0.2, 0) is 4.79 Å². The average Bonchev–Trinajstić information content (AvgIpc) is 3.58. The van der Waals surface area contributed by atoms with Crippen LogP contribution >= 0.6 is 11.3 Å². The van der Waals surface area contributed by atoms with Crippen molar-refractivity contribution in [1.29, 1.82) is 0 Å². The van der Waals surface area contributed by atoms with Gasteiger partial charge in [0, 0.05) is 0 Å². The molecule has 2 aromatic heterocycles. The van der Waals surface area contributed by atoms with Gasteiger partial charge in [0.1, 0.15) is 23.9 Å². The summed E-state index contributed by atoms with van der Waals surface area (Å²) in [5.74, 6) is -0.206. The van der Waals surface area contributed by atoms with E-state index in [1.807, 2.05) is 6.07 Å². The Hall–Kier alpha value is -4.37. The van der Waals surface area contributed by atoms with E-state index in [4.69, 9.17) is 13.9 Å². The molecule has 0 fully saturated rings. The van der Waals surface area contributed by atoms with Crippen molar-refractivity contribution < 1.29 is 28.6 Å². The highest BCUT2D eigenvalue weighted by Gasteiger charge is 2.46. The SMILES string of the molecule is C=CCOc1cccc(C2C(C(=O)c3ccc(C)o3)=C(O)C(=O)N2c2nc3ccc(OC)cc3s2)c1. The molecule has 1 unspecified atom stereocenters. The predicted octanol–water partition coefficient (Wildman–Crippen LogP) is 5.55. The second-order valence-electron chi connectivity index (χ2n) is 8.08. The minimum atomic E-state index is -0.954. The number of fused-ring (bicyclic) bond motifs is 1. The Balaban J connectivity index is 1.65. The normalized spacial score (nSPS) is 15.6. The number of rotatable bonds is 8. The lowest BCUT2D eigenvalue weighted by Gasteiger charge is -2.24. The Labute approximate surface area is 210 Å². The molecule has 0 bridgehead atoms. The summed E-state index contributed by atoms with van der Waals surface area (Å²) in [7, 11) is 1.57. The number of hydrogen-bond donors (Lipinski definition) is 1. The molecule has 36 heavy (non-hydrogen) atoms. The van der Waals surface area contributed by atoms with Gasteiger partial charge in [0.2, 0.25) is 5.78 Å². The van der Waals surface area contributed by atoms with Gasteiger partial charge in [-0.2, -0.15) is 0 Å². The number of anilines is 1. The molecule has 1 aliphatic rings. The molecule has 2 aromatic carbocycles. The highest BCUT2D eigenvalue weighted by Crippen LogP contribution is 2.45. The first kappa shape index (κ1) is 23.4. The summed E-state index contributed by atoms with van der Waals surface area (Å²) in [6.07, 6.45) is 1.62. The Morgan fingerprint density at radius 3 is 2.78 bits per heavy atom. The van der Waals surface area contributed by atoms with Crippen LogP contribution in [0.25, 0.3) is 10.2 Å². The zero-order valence-electron chi connectivity index (χ0n) is 19.6. The quantitative estimate of drug-likeness (QED) is 0.249. The molecule has 3 heterocycles. The van der Waals surface area contributed by atoms with E-state index >= 15 is 0 Å². The standard InChI is InChI=1S/C27H22N2O6S/c1-4-12-34-18-7-5-6-16(13-18)23-22(24(30)20-11-8-15(2)35-20)25(31)26(32)29(23)27-28-19-10-9-17(33-3)14-21(19)36-27/h4-11,13-14,23,31H,1,12H2,2-3H3. The number of aliphatic hydroxyl groups is 1. The second-order valence-corrected chi connectivity index (χ2v) is 9.09. The topological polar surface area (TPSA) is 102 Å². The molecule has 1 N–H and O–H groups in total. The first-order chi connectivity index (χ1) is 17.4. The molecule has 1 atom stereocenters. The molecule has 0 saturated heterocycles. The van der Waals surface area contributed by atoms with Crippen LogP contribution in [0.4, 0.5) is 5.13 Å². The van der Waals surface area contributed by atoms with Crippen LogP contribution in [0.2, 0.25) is 0 Å². The third-order valence-electron chi connectivity index (χ3n) is 5.75. The number of furan rings is 1. The molecule has 5 rings (SSSR count). The summed E-state index contributed by atoms with van der Waals surface area (Å²) < 4.78 is 17.3. The number of Topliss-reactive ketones (excluding diaryl/α,β-unsaturated/α-hetero) is 1. The number of aliphatic hydroxyl groups excluding tert-OH is 1. The summed E-state index contributed by atoms with van der Waals surface area (Å²) in [5.41, 5.74) is 1.14. The maximum Gasteiger partial charge on any atom is 0.296 e. The number of carbonyl (C=O) groups is 2. The van der Waals surface area contributed by atoms with Crippen LogP contribution in [0.3, 0.4) is 0 Å². The lowest BCUT2D eigenvalue weighted by molar-refractivity contribution is -0.117. The van der Waals surface area contributed by atoms with Crippen molar-refractivity contribution in [3.63, 3.8) is 0 Å². The largest absolute Gasteiger partial charge is 0.503 e. The lowest BCUT2D eigenvalue weighted by Crippen LogP contribution is -2.31. The first-order valence-electron chi connectivity index (χ1n) is 11.1. The minimum Gasteiger partial charge on any atom is -0.503 e. The summed E-state index contributed by atoms with van der Waals surface area (Å²) in [6, 6.07) is 14.6. The van der Waals surface area contributed by atoms with Gasteiger partial charge in [0.15, 0.2) is 16.7 Å². The number of thiazole rings is 1. The zero-order chi connectivity index (χ0) is 25.4. The van der Waals surface area contributed by atoms with E-state index in [1.54, 1.807) is 62.6 Å². The number of ether oxygens (including phenoxy) is 2. The van der Waals surface area contributed by atoms with Gasteiger partial charge in [0.05, 0.1) is 28.9 Å². The third kappa shape index (κ3) is 4.03. The van der Waals surface area contributed by atoms with Crippen molar-refractivity contribution >= 4 is 38.4 Å². The summed E-state index contributed by atoms with van der Waals surface area (Å²) in [6.45, 7) is 5.66. The van der Waals surface area contributed by atoms with Crippen molar-refractivity contribution in [2.45, 2.75) is 13.0 Å². The van der Waals surface area contributed by atoms with Gasteiger partial charge >= 0.3 is 0 Å². The smallest absolute Gasteiger partial charge is 0.296 e. The lowest BCUT2D eigenvalue weighted by atomic mass is 9.95. The van der Waals surface area contributed by atoms with Gasteiger partial charge < -0.3 is 19.0 Å². The van der Waals surface area contributed by atoms with Crippen molar-refractivity contribution in [1.82, 2.24) is 4.98 Å². The molecule has 9 heteroatoms. The van der Waals surface area contributed by atoms with Gasteiger partial charge in [-0.1, -0.05) is 36.1 Å². The Morgan fingerprint density at radius 1 is 1.22 bits per heavy atom. The van der Waals surface area contributed by atoms with Gasteiger partial charge in [-0.05, 0) is 55.0 Å². The molecule has 182 valence electrons. The summed E-state index contributed by atoms with van der Waals surface area (Å²) in [4.78, 5) is 32.9. The van der Waals surface area contributed by atoms with E-state index < -0.39 is 23.5 Å². The van der Waals surface area contributed by atoms with Crippen LogP contribution in [-0.4, -0.2) is 35.5 Å². The van der Waals surface area contributed by atoms with E-state index in [0.717, 1.165) is 4.70 Å². The fourth-order valence-corrected chi connectivity index (χ4v) is 5.11. The van der Waals surface area contributed by atoms with E-state index in [9.17, 15) is 14.7 Å². The predicted molar refractivity (Wildman–Crippen MR) is 136 cm³/mol. The molecular weight excluding hydrogens is 480 g/mol. The number of aryl methyl sites for hydroxylation is 1. The van der Waals surface area contributed by atoms with Crippen molar-refractivity contribution in [2.24, 2.45) is 0 Å². The number of amides is 1. The van der Waals surface area contributed by atoms with Gasteiger partial charge in [0.25, 0.3) is 5.91 Å². The van der Waals surface area contributed by atoms with Gasteiger partial charge in [-0.25, -0.2) is 4.98 Å². The number of ketones is 1. The molecule has 4 aromatic rings. The Kier molecular flexibility index (Phi) is 6.07. The number of hydrogen-bond acceptors (Lipinski definition) is 8. The molecule has 8 nitrogen and oxygen atoms in total. The Morgan fingerprint density at radius 2 is 2.06 bits per heavy atom. The van der Waals surface area contributed by atoms with Crippen LogP contribution in [0.15, 0.2) is 83.0 Å². The summed E-state index contributed by atoms with van der Waals surface area (Å²) >= 11 is 1.26. The fourth-order valence-electron chi connectivity index (χ4n) is 4.09. The van der Waals surface area contributed by atoms with Crippen LogP contribution in [0.5, 0.6) is 11.5 Å². The maximum atomic E-state index is 13.5. The maximum absolute atomic E-state index is 13.5. The van der Waals surface area contributed by atoms with Gasteiger partial charge in [-0.15, -0.1) is 0 Å². The fraction of sp³-hybridized carbons (Fsp3) is 0.148. The number of methoxy groups -OCH3 is 1. The minimum absolute atomic E-state index is 0.0294. The highest BCUT2D eigenvalue weighted by molar-refractivity contribution is 7.22. The van der Waals surface area contributed by atoms with E-state index in [0.29, 0.717) is 33.5 Å². The molecular formula is C27H22N2O6S. The number of benzene rings is 2. The molecule has 0 saturated carbocycles. The molecule has 0 spiro atoms. The molecule has 1 amide bonds. The third-order valence-corrected chi connectivity index (χ3v) is 6.77. The van der Waals surface area contributed by atoms with Crippen molar-refractivity contribution in [3.05, 3.63) is 95.7 Å². The first-order valence-corrected chi connectivity index (χ1v) is 11.9. The highest BCUT2D eigenvalue weighted by atomic mass is 32.1. The molecule has 0 aliphatic carbocycles. The van der Waals surface area contributed by atoms with Crippen LogP contribution < -0.4 is 14.4 Å². The number of carbonyl (C=O) groups excluding carboxylic acids is 2. The van der Waals surface area contributed by atoms with Crippen LogP contribution in [0.1, 0.15) is 27.9 Å². The number of nitrogens with zero attached hydrogens (tertiary/aromatic N) is 2. The van der Waals surface area contributed by atoms with Crippen molar-refractivity contribution in [2.75, 3.05) is 18.6 Å². The molecule has 1 aliphatic heterocycles. The van der Waals surface area contributed by atoms with Gasteiger partial charge in [-0.3, -0.25) is 14.5 Å². The van der Waals surface area contributed by atoms with E-state index in [-0.39, 0.29) is 17.9 Å². The monoisotopic (exact) mass is 502 g/mol.